The van der Waals surface area contributed by atoms with E-state index in [1.165, 1.54) is 11.1 Å². The fraction of sp³-hybridized carbons (Fsp3) is 0.500. The van der Waals surface area contributed by atoms with Gasteiger partial charge in [-0.05, 0) is 17.7 Å². The number of urea groups is 1. The minimum atomic E-state index is -4.81. The number of nitrogens with one attached hydrogen (secondary N) is 1. The molecule has 0 saturated carbocycles. The largest absolute Gasteiger partial charge is 0.406 e. The summed E-state index contributed by atoms with van der Waals surface area (Å²) in [6.07, 6.45) is -3.53. The monoisotopic (exact) mass is 605 g/mol. The summed E-state index contributed by atoms with van der Waals surface area (Å²) in [6, 6.07) is 11.9. The Kier molecular flexibility index (Phi) is 10.2. The first-order valence-electron chi connectivity index (χ1n) is 13.5. The number of nitrogens with zero attached hydrogens (tertiary/aromatic N) is 4. The summed E-state index contributed by atoms with van der Waals surface area (Å²) >= 11 is 0. The third kappa shape index (κ3) is 7.70. The predicted molar refractivity (Wildman–Crippen MR) is 151 cm³/mol. The summed E-state index contributed by atoms with van der Waals surface area (Å²) in [4.78, 5) is 60.3. The first-order valence-corrected chi connectivity index (χ1v) is 13.5. The molecule has 1 aromatic carbocycles. The van der Waals surface area contributed by atoms with Gasteiger partial charge in [0.25, 0.3) is 5.91 Å². The van der Waals surface area contributed by atoms with Crippen LogP contribution in [0.15, 0.2) is 54.7 Å². The summed E-state index contributed by atoms with van der Waals surface area (Å²) < 4.78 is 45.9. The normalized spacial score (nSPS) is 19.5. The molecule has 2 fully saturated rings. The van der Waals surface area contributed by atoms with Gasteiger partial charge in [0, 0.05) is 36.8 Å². The number of halogens is 3. The van der Waals surface area contributed by atoms with E-state index in [1.54, 1.807) is 39.0 Å². The molecule has 1 aromatic heterocycles. The van der Waals surface area contributed by atoms with E-state index in [0.717, 1.165) is 10.5 Å². The molecule has 0 aliphatic carbocycles. The summed E-state index contributed by atoms with van der Waals surface area (Å²) in [5, 5.41) is 2.73. The lowest BCUT2D eigenvalue weighted by Gasteiger charge is -2.45. The molecule has 5 amide bonds. The van der Waals surface area contributed by atoms with Crippen LogP contribution in [0.25, 0.3) is 0 Å². The molecule has 1 N–H and O–H groups in total. The van der Waals surface area contributed by atoms with Crippen molar-refractivity contribution < 1.29 is 37.1 Å². The SMILES string of the molecule is C.CC(C)(C)C(=O)N[C@H](COCc1ccccc1)C(=O)N1CCN2C(=O)N(CC(F)(F)F)C(=O)[C@]2(Cc2ccccn2)C1. The van der Waals surface area contributed by atoms with Crippen molar-refractivity contribution in [1.82, 2.24) is 25.0 Å². The Hall–Kier alpha value is -4.00. The lowest BCUT2D eigenvalue weighted by atomic mass is 9.88. The number of aromatic nitrogens is 1. The van der Waals surface area contributed by atoms with Crippen molar-refractivity contribution in [2.75, 3.05) is 32.8 Å². The number of ether oxygens (including phenoxy) is 1. The zero-order valence-electron chi connectivity index (χ0n) is 23.7. The van der Waals surface area contributed by atoms with Gasteiger partial charge in [-0.1, -0.05) is 64.6 Å². The number of hydrogen-bond acceptors (Lipinski definition) is 6. The number of pyridine rings is 1. The van der Waals surface area contributed by atoms with E-state index in [9.17, 15) is 32.3 Å². The molecule has 234 valence electrons. The lowest BCUT2D eigenvalue weighted by Crippen LogP contribution is -2.67. The summed E-state index contributed by atoms with van der Waals surface area (Å²) in [5.41, 5.74) is -1.40. The molecule has 0 spiro atoms. The second-order valence-corrected chi connectivity index (χ2v) is 11.5. The van der Waals surface area contributed by atoms with Crippen molar-refractivity contribution in [3.63, 3.8) is 0 Å². The van der Waals surface area contributed by atoms with Crippen LogP contribution in [-0.4, -0.2) is 94.0 Å². The summed E-state index contributed by atoms with van der Waals surface area (Å²) in [6.45, 7) is 2.71. The van der Waals surface area contributed by atoms with Crippen LogP contribution >= 0.6 is 0 Å². The van der Waals surface area contributed by atoms with Crippen molar-refractivity contribution >= 4 is 23.8 Å². The smallest absolute Gasteiger partial charge is 0.374 e. The quantitative estimate of drug-likeness (QED) is 0.439. The number of rotatable bonds is 9. The summed E-state index contributed by atoms with van der Waals surface area (Å²) in [5.74, 6) is -2.03. The Bertz CT molecular complexity index is 1300. The zero-order chi connectivity index (χ0) is 30.7. The van der Waals surface area contributed by atoms with Crippen molar-refractivity contribution in [3.8, 4) is 0 Å². The molecule has 13 heteroatoms. The maximum absolute atomic E-state index is 13.9. The van der Waals surface area contributed by atoms with Gasteiger partial charge in [-0.15, -0.1) is 0 Å². The van der Waals surface area contributed by atoms with Crippen LogP contribution in [0.1, 0.15) is 39.5 Å². The van der Waals surface area contributed by atoms with Crippen molar-refractivity contribution in [1.29, 1.82) is 0 Å². The minimum absolute atomic E-state index is 0. The van der Waals surface area contributed by atoms with Crippen LogP contribution in [-0.2, 0) is 32.1 Å². The van der Waals surface area contributed by atoms with Gasteiger partial charge in [-0.25, -0.2) is 4.79 Å². The maximum Gasteiger partial charge on any atom is 0.406 e. The molecule has 2 aromatic rings. The number of piperazine rings is 1. The first kappa shape index (κ1) is 33.5. The fourth-order valence-corrected chi connectivity index (χ4v) is 5.04. The molecule has 0 unspecified atom stereocenters. The Balaban J connectivity index is 0.00000506. The Morgan fingerprint density at radius 1 is 1.05 bits per heavy atom. The van der Waals surface area contributed by atoms with Crippen molar-refractivity contribution in [2.24, 2.45) is 5.41 Å². The first-order chi connectivity index (χ1) is 19.7. The van der Waals surface area contributed by atoms with E-state index in [4.69, 9.17) is 4.74 Å². The standard InChI is InChI=1S/C29H34F3N5O5.CH4/c1-27(2,3)24(39)34-22(17-42-16-20-9-5-4-6-10-20)23(38)35-13-14-37-26(41)36(19-29(30,31)32)25(40)28(37,18-35)15-21-11-7-8-12-33-21;/h4-12,22H,13-19H2,1-3H3,(H,34,39);1H4/t22-,28+;/m1./s1. The maximum atomic E-state index is 13.9. The third-order valence-electron chi connectivity index (χ3n) is 7.20. The third-order valence-corrected chi connectivity index (χ3v) is 7.20. The van der Waals surface area contributed by atoms with Crippen LogP contribution in [0.4, 0.5) is 18.0 Å². The summed E-state index contributed by atoms with van der Waals surface area (Å²) in [7, 11) is 0. The molecule has 2 aliphatic heterocycles. The van der Waals surface area contributed by atoms with E-state index < -0.39 is 53.5 Å². The molecule has 2 atom stereocenters. The fourth-order valence-electron chi connectivity index (χ4n) is 5.04. The molecule has 0 radical (unpaired) electrons. The average Bonchev–Trinajstić information content (AvgIpc) is 3.12. The van der Waals surface area contributed by atoms with Crippen molar-refractivity contribution in [2.45, 2.75) is 59.0 Å². The average molecular weight is 606 g/mol. The molecule has 4 rings (SSSR count). The van der Waals surface area contributed by atoms with E-state index >= 15 is 0 Å². The minimum Gasteiger partial charge on any atom is -0.374 e. The highest BCUT2D eigenvalue weighted by molar-refractivity contribution is 6.08. The number of benzene rings is 1. The van der Waals surface area contributed by atoms with Gasteiger partial charge in [0.2, 0.25) is 11.8 Å². The van der Waals surface area contributed by atoms with Gasteiger partial charge >= 0.3 is 12.2 Å². The molecule has 0 bridgehead atoms. The van der Waals surface area contributed by atoms with Gasteiger partial charge < -0.3 is 19.9 Å². The van der Waals surface area contributed by atoms with E-state index in [0.29, 0.717) is 5.69 Å². The number of hydrogen-bond donors (Lipinski definition) is 1. The highest BCUT2D eigenvalue weighted by Gasteiger charge is 2.61. The Labute approximate surface area is 249 Å². The molecule has 2 aliphatic rings. The van der Waals surface area contributed by atoms with Gasteiger partial charge in [0.15, 0.2) is 0 Å². The highest BCUT2D eigenvalue weighted by Crippen LogP contribution is 2.36. The van der Waals surface area contributed by atoms with Gasteiger partial charge in [0.1, 0.15) is 18.1 Å². The number of carbonyl (C=O) groups excluding carboxylic acids is 4. The van der Waals surface area contributed by atoms with Gasteiger partial charge in [-0.3, -0.25) is 24.3 Å². The molecule has 10 nitrogen and oxygen atoms in total. The van der Waals surface area contributed by atoms with Crippen LogP contribution in [0.2, 0.25) is 0 Å². The highest BCUT2D eigenvalue weighted by atomic mass is 19.4. The number of carbonyl (C=O) groups is 4. The number of alkyl halides is 3. The van der Waals surface area contributed by atoms with Crippen molar-refractivity contribution in [3.05, 3.63) is 66.0 Å². The molecule has 3 heterocycles. The second kappa shape index (κ2) is 13.1. The number of fused-ring (bicyclic) bond motifs is 1. The van der Waals surface area contributed by atoms with E-state index in [-0.39, 0.29) is 51.6 Å². The molecular weight excluding hydrogens is 567 g/mol. The Morgan fingerprint density at radius 3 is 2.33 bits per heavy atom. The molecule has 43 heavy (non-hydrogen) atoms. The molecular formula is C30H38F3N5O5. The molecule has 2 saturated heterocycles. The lowest BCUT2D eigenvalue weighted by molar-refractivity contribution is -0.157. The topological polar surface area (TPSA) is 112 Å². The van der Waals surface area contributed by atoms with Crippen LogP contribution in [0, 0.1) is 5.41 Å². The Morgan fingerprint density at radius 2 is 1.72 bits per heavy atom. The van der Waals surface area contributed by atoms with Gasteiger partial charge in [0.05, 0.1) is 19.8 Å². The van der Waals surface area contributed by atoms with E-state index in [1.807, 2.05) is 30.3 Å². The zero-order valence-corrected chi connectivity index (χ0v) is 23.7. The van der Waals surface area contributed by atoms with Gasteiger partial charge in [-0.2, -0.15) is 13.2 Å². The van der Waals surface area contributed by atoms with Crippen LogP contribution < -0.4 is 5.32 Å². The second-order valence-electron chi connectivity index (χ2n) is 11.5. The number of imide groups is 1. The van der Waals surface area contributed by atoms with Crippen LogP contribution in [0.5, 0.6) is 0 Å². The van der Waals surface area contributed by atoms with E-state index in [2.05, 4.69) is 10.3 Å². The number of amides is 5. The predicted octanol–water partition coefficient (Wildman–Crippen LogP) is 3.42. The van der Waals surface area contributed by atoms with Crippen LogP contribution in [0.3, 0.4) is 0 Å².